The zero-order valence-electron chi connectivity index (χ0n) is 47.6. The number of hydrogen-bond donors (Lipinski definition) is 0. The van der Waals surface area contributed by atoms with Crippen LogP contribution in [-0.2, 0) is 20.1 Å². The number of fused-ring (bicyclic) bond motifs is 6. The Labute approximate surface area is 441 Å². The summed E-state index contributed by atoms with van der Waals surface area (Å²) in [5.74, 6) is -1.51. The molecule has 0 aliphatic carbocycles. The van der Waals surface area contributed by atoms with Crippen molar-refractivity contribution < 1.29 is 35.5 Å². The van der Waals surface area contributed by atoms with Gasteiger partial charge in [0.15, 0.2) is 0 Å². The Morgan fingerprint density at radius 2 is 1.25 bits per heavy atom. The second kappa shape index (κ2) is 20.0. The molecule has 0 unspecified atom stereocenters. The van der Waals surface area contributed by atoms with E-state index in [0.29, 0.717) is 22.5 Å². The average Bonchev–Trinajstić information content (AvgIpc) is 4.20. The fourth-order valence-electron chi connectivity index (χ4n) is 9.41. The molecule has 9 aromatic carbocycles. The largest absolute Gasteiger partial charge is 0.500 e. The van der Waals surface area contributed by atoms with Crippen molar-refractivity contribution in [3.8, 4) is 61.7 Å². The molecule has 0 aliphatic rings. The van der Waals surface area contributed by atoms with Crippen LogP contribution in [-0.4, -0.2) is 14.5 Å². The van der Waals surface area contributed by atoms with E-state index in [0.717, 1.165) is 99.6 Å². The number of pyridine rings is 1. The molecule has 71 heavy (non-hydrogen) atoms. The molecule has 3 heterocycles. The SMILES string of the molecule is [2H]C([2H])([2H])c1c[c-]c(-c2nc3ccccc3n2-c2c(C([2H])(C)C)cc(-c3ccccc3)cc2C([2H])(C)C)cc1-c1ccccc1.[2H]C([2H])([2H])c1ccc(-c2ccnc(-c3[c-]ccc4c3oc3c5ccccc5ccc43)c2)cc1.[Ir]. The Morgan fingerprint density at radius 1 is 0.577 bits per heavy atom. The molecule has 0 aliphatic heterocycles. The van der Waals surface area contributed by atoms with Crippen molar-refractivity contribution in [1.29, 1.82) is 0 Å². The van der Waals surface area contributed by atoms with E-state index in [-0.39, 0.29) is 25.7 Å². The van der Waals surface area contributed by atoms with Gasteiger partial charge in [-0.2, -0.15) is 0 Å². The van der Waals surface area contributed by atoms with Gasteiger partial charge in [-0.1, -0.05) is 196 Å². The van der Waals surface area contributed by atoms with Gasteiger partial charge in [0, 0.05) is 53.7 Å². The van der Waals surface area contributed by atoms with E-state index in [1.165, 1.54) is 0 Å². The summed E-state index contributed by atoms with van der Waals surface area (Å²) in [6.45, 7) is 3.02. The Balaban J connectivity index is 0.000000184. The number of para-hydroxylation sites is 2. The van der Waals surface area contributed by atoms with Gasteiger partial charge in [-0.15, -0.1) is 47.5 Å². The number of aryl methyl sites for hydroxylation is 2. The summed E-state index contributed by atoms with van der Waals surface area (Å²) >= 11 is 0. The summed E-state index contributed by atoms with van der Waals surface area (Å²) < 4.78 is 74.6. The van der Waals surface area contributed by atoms with Crippen molar-refractivity contribution >= 4 is 43.7 Å². The number of nitrogens with zero attached hydrogens (tertiary/aromatic N) is 3. The summed E-state index contributed by atoms with van der Waals surface area (Å²) in [6.07, 6.45) is 1.76. The molecule has 0 N–H and O–H groups in total. The zero-order chi connectivity index (χ0) is 54.7. The van der Waals surface area contributed by atoms with Gasteiger partial charge in [0.1, 0.15) is 5.58 Å². The van der Waals surface area contributed by atoms with Gasteiger partial charge < -0.3 is 14.0 Å². The maximum absolute atomic E-state index is 9.34. The molecule has 1 radical (unpaired) electrons. The van der Waals surface area contributed by atoms with Gasteiger partial charge >= 0.3 is 0 Å². The molecule has 12 rings (SSSR count). The van der Waals surface area contributed by atoms with E-state index in [9.17, 15) is 2.74 Å². The molecule has 3 aromatic heterocycles. The van der Waals surface area contributed by atoms with E-state index in [1.54, 1.807) is 24.4 Å². The molecule has 349 valence electrons. The summed E-state index contributed by atoms with van der Waals surface area (Å²) in [7, 11) is 0. The van der Waals surface area contributed by atoms with E-state index in [4.69, 9.17) is 17.6 Å². The standard InChI is InChI=1S/C38H35N2.C28H18NO.Ir/c1-25(2)32-23-31(28-14-8-6-9-15-28)24-33(26(3)4)37(32)40-36-19-13-12-18-35(36)39-38(40)30-21-20-27(5)34(22-30)29-16-10-7-11-17-29;1-18-9-11-19(12-10-18)21-15-16-29-26(17-21)25-8-4-7-23-24-14-13-20-5-2-3-6-22(20)27(24)30-28(23)25;/h6-20,22-26H,1-5H3;2-7,9-17H,1H3;/q2*-1;/i5D3,25D,26D;1D3;. The predicted molar refractivity (Wildman–Crippen MR) is 293 cm³/mol. The third-order valence-electron chi connectivity index (χ3n) is 12.9. The first-order chi connectivity index (χ1) is 37.2. The topological polar surface area (TPSA) is 43.9 Å². The molecule has 0 saturated carbocycles. The monoisotopic (exact) mass is 1100 g/mol. The quantitative estimate of drug-likeness (QED) is 0.142. The zero-order valence-corrected chi connectivity index (χ0v) is 42.0. The minimum absolute atomic E-state index is 0. The fraction of sp³-hybridized carbons (Fsp3) is 0.121. The predicted octanol–water partition coefficient (Wildman–Crippen LogP) is 18.0. The third-order valence-corrected chi connectivity index (χ3v) is 12.9. The maximum atomic E-state index is 9.34. The van der Waals surface area contributed by atoms with E-state index < -0.39 is 25.5 Å². The van der Waals surface area contributed by atoms with Gasteiger partial charge in [0.05, 0.1) is 22.4 Å². The van der Waals surface area contributed by atoms with Crippen LogP contribution in [0.5, 0.6) is 0 Å². The van der Waals surface area contributed by atoms with Crippen LogP contribution in [0.2, 0.25) is 0 Å². The van der Waals surface area contributed by atoms with Gasteiger partial charge in [-0.25, -0.2) is 0 Å². The van der Waals surface area contributed by atoms with Crippen LogP contribution in [0.1, 0.15) is 72.7 Å². The first-order valence-electron chi connectivity index (χ1n) is 27.4. The molecule has 0 saturated heterocycles. The van der Waals surface area contributed by atoms with Crippen LogP contribution in [0.3, 0.4) is 0 Å². The van der Waals surface area contributed by atoms with Crippen molar-refractivity contribution in [3.05, 3.63) is 235 Å². The number of aromatic nitrogens is 3. The Kier molecular flexibility index (Phi) is 10.7. The van der Waals surface area contributed by atoms with Crippen LogP contribution >= 0.6 is 0 Å². The van der Waals surface area contributed by atoms with Crippen molar-refractivity contribution in [1.82, 2.24) is 14.5 Å². The molecule has 5 heteroatoms. The molecule has 12 aromatic rings. The van der Waals surface area contributed by atoms with Crippen LogP contribution in [0.4, 0.5) is 0 Å². The number of hydrogen-bond acceptors (Lipinski definition) is 3. The van der Waals surface area contributed by atoms with Crippen LogP contribution in [0, 0.1) is 25.8 Å². The fourth-order valence-corrected chi connectivity index (χ4v) is 9.41. The minimum Gasteiger partial charge on any atom is -0.500 e. The van der Waals surface area contributed by atoms with E-state index in [2.05, 4.69) is 53.5 Å². The molecular formula is C66H53IrN3O-2. The third kappa shape index (κ3) is 9.04. The minimum atomic E-state index is -2.33. The van der Waals surface area contributed by atoms with Gasteiger partial charge in [-0.05, 0) is 99.0 Å². The van der Waals surface area contributed by atoms with Crippen LogP contribution in [0.25, 0.3) is 105 Å². The van der Waals surface area contributed by atoms with Crippen molar-refractivity contribution in [2.75, 3.05) is 0 Å². The molecule has 0 fully saturated rings. The summed E-state index contributed by atoms with van der Waals surface area (Å²) in [6, 6.07) is 68.7. The van der Waals surface area contributed by atoms with Gasteiger partial charge in [0.2, 0.25) is 0 Å². The van der Waals surface area contributed by atoms with Crippen molar-refractivity contribution in [3.63, 3.8) is 0 Å². The Hall–Kier alpha value is -7.69. The van der Waals surface area contributed by atoms with E-state index >= 15 is 0 Å². The smallest absolute Gasteiger partial charge is 0.128 e. The number of imidazole rings is 1. The normalized spacial score (nSPS) is 13.7. The molecule has 0 spiro atoms. The van der Waals surface area contributed by atoms with Crippen LogP contribution < -0.4 is 0 Å². The Bertz CT molecular complexity index is 4160. The summed E-state index contributed by atoms with van der Waals surface area (Å²) in [4.78, 5) is 9.67. The van der Waals surface area contributed by atoms with Crippen LogP contribution in [0.15, 0.2) is 205 Å². The molecule has 0 amide bonds. The Morgan fingerprint density at radius 3 is 1.99 bits per heavy atom. The van der Waals surface area contributed by atoms with Gasteiger partial charge in [0.25, 0.3) is 0 Å². The van der Waals surface area contributed by atoms with Crippen molar-refractivity contribution in [2.24, 2.45) is 0 Å². The molecule has 0 atom stereocenters. The molecule has 0 bridgehead atoms. The first-order valence-corrected chi connectivity index (χ1v) is 23.4. The second-order valence-electron chi connectivity index (χ2n) is 18.0. The molecule has 4 nitrogen and oxygen atoms in total. The average molecular weight is 1100 g/mol. The van der Waals surface area contributed by atoms with E-state index in [1.807, 2.05) is 172 Å². The summed E-state index contributed by atoms with van der Waals surface area (Å²) in [5.41, 5.74) is 13.3. The number of furan rings is 1. The number of rotatable bonds is 8. The second-order valence-corrected chi connectivity index (χ2v) is 18.0. The number of benzene rings is 9. The van der Waals surface area contributed by atoms with Gasteiger partial charge in [-0.3, -0.25) is 4.98 Å². The first kappa shape index (κ1) is 38.1. The maximum Gasteiger partial charge on any atom is 0.128 e. The van der Waals surface area contributed by atoms with Crippen molar-refractivity contribution in [2.45, 2.75) is 53.2 Å². The summed E-state index contributed by atoms with van der Waals surface area (Å²) in [5, 5.41) is 4.30. The molecular weight excluding hydrogens is 1040 g/mol.